The van der Waals surface area contributed by atoms with Crippen molar-refractivity contribution in [1.29, 1.82) is 0 Å². The Bertz CT molecular complexity index is 587. The topological polar surface area (TPSA) is 78.9 Å². The fourth-order valence-corrected chi connectivity index (χ4v) is 3.59. The molecule has 1 aliphatic heterocycles. The molecule has 1 atom stereocenters. The first kappa shape index (κ1) is 19.2. The number of thiophene rings is 1. The van der Waals surface area contributed by atoms with E-state index in [1.165, 1.54) is 0 Å². The Kier molecular flexibility index (Phi) is 6.98. The van der Waals surface area contributed by atoms with Gasteiger partial charge in [0.25, 0.3) is 0 Å². The normalized spacial score (nSPS) is 17.7. The maximum Gasteiger partial charge on any atom is 1.00 e. The fraction of sp³-hybridized carbons (Fsp3) is 0.667. The number of hydrogen-bond acceptors (Lipinski definition) is 7. The number of fused-ring (bicyclic) bond motifs is 1. The summed E-state index contributed by atoms with van der Waals surface area (Å²) in [6.45, 7) is 5.11. The van der Waals surface area contributed by atoms with Crippen LogP contribution in [0.4, 0.5) is 0 Å². The molecule has 0 saturated carbocycles. The van der Waals surface area contributed by atoms with Crippen LogP contribution in [0.15, 0.2) is 0 Å². The molecule has 9 heteroatoms. The predicted octanol–water partition coefficient (Wildman–Crippen LogP) is -2.01. The number of likely N-dealkylation sites (N-methyl/N-ethyl adjacent to an activating group) is 1. The van der Waals surface area contributed by atoms with Crippen molar-refractivity contribution in [2.24, 2.45) is 0 Å². The zero-order chi connectivity index (χ0) is 14.9. The Morgan fingerprint density at radius 3 is 2.57 bits per heavy atom. The van der Waals surface area contributed by atoms with Crippen LogP contribution in [0.5, 0.6) is 11.5 Å². The average molecular weight is 343 g/mol. The summed E-state index contributed by atoms with van der Waals surface area (Å²) < 4.78 is 43.4. The van der Waals surface area contributed by atoms with Crippen LogP contribution < -0.4 is 39.0 Å². The molecular weight excluding hydrogens is 325 g/mol. The molecule has 0 aliphatic carbocycles. The monoisotopic (exact) mass is 343 g/mol. The molecule has 1 aromatic rings. The van der Waals surface area contributed by atoms with E-state index >= 15 is 0 Å². The first-order chi connectivity index (χ1) is 9.26. The fourth-order valence-electron chi connectivity index (χ4n) is 2.12. The van der Waals surface area contributed by atoms with Crippen molar-refractivity contribution in [3.8, 4) is 11.5 Å². The van der Waals surface area contributed by atoms with Gasteiger partial charge in [0.15, 0.2) is 11.5 Å². The van der Waals surface area contributed by atoms with Gasteiger partial charge in [-0.25, -0.2) is 8.42 Å². The van der Waals surface area contributed by atoms with Gasteiger partial charge in [0.05, 0.1) is 15.9 Å². The van der Waals surface area contributed by atoms with Gasteiger partial charge in [-0.3, -0.25) is 0 Å². The molecule has 6 nitrogen and oxygen atoms in total. The molecule has 114 valence electrons. The van der Waals surface area contributed by atoms with E-state index in [0.717, 1.165) is 21.3 Å². The van der Waals surface area contributed by atoms with Crippen LogP contribution in [0.1, 0.15) is 9.75 Å². The molecule has 0 bridgehead atoms. The second-order valence-electron chi connectivity index (χ2n) is 4.95. The predicted molar refractivity (Wildman–Crippen MR) is 75.8 cm³/mol. The molecule has 2 heterocycles. The van der Waals surface area contributed by atoms with Gasteiger partial charge in [-0.05, 0) is 20.9 Å². The molecule has 1 aromatic heterocycles. The van der Waals surface area contributed by atoms with E-state index in [-0.39, 0.29) is 48.0 Å². The van der Waals surface area contributed by atoms with Crippen molar-refractivity contribution in [1.82, 2.24) is 4.90 Å². The molecule has 0 N–H and O–H groups in total. The van der Waals surface area contributed by atoms with Crippen molar-refractivity contribution in [2.75, 3.05) is 32.5 Å². The second-order valence-corrected chi connectivity index (χ2v) is 7.90. The summed E-state index contributed by atoms with van der Waals surface area (Å²) in [5.74, 6) is 1.21. The number of ether oxygens (including phenoxy) is 2. The summed E-state index contributed by atoms with van der Waals surface area (Å²) in [6, 6.07) is 0. The molecule has 2 rings (SSSR count). The zero-order valence-electron chi connectivity index (χ0n) is 12.7. The van der Waals surface area contributed by atoms with Gasteiger partial charge in [0.1, 0.15) is 12.7 Å². The van der Waals surface area contributed by atoms with Crippen molar-refractivity contribution in [3.63, 3.8) is 0 Å². The van der Waals surface area contributed by atoms with Crippen molar-refractivity contribution in [3.05, 3.63) is 9.75 Å². The minimum atomic E-state index is -4.17. The Balaban J connectivity index is 0.00000220. The van der Waals surface area contributed by atoms with E-state index in [0.29, 0.717) is 13.2 Å². The van der Waals surface area contributed by atoms with E-state index in [4.69, 9.17) is 9.47 Å². The van der Waals surface area contributed by atoms with Crippen LogP contribution in [0, 0.1) is 13.8 Å². The van der Waals surface area contributed by atoms with Gasteiger partial charge in [-0.1, -0.05) is 0 Å². The molecule has 1 unspecified atom stereocenters. The zero-order valence-corrected chi connectivity index (χ0v) is 16.3. The Hall–Kier alpha value is 0.170. The first-order valence-corrected chi connectivity index (χ1v) is 8.67. The third kappa shape index (κ3) is 5.38. The van der Waals surface area contributed by atoms with Crippen molar-refractivity contribution >= 4 is 21.5 Å². The number of rotatable bonds is 5. The number of aryl methyl sites for hydroxylation is 2. The molecule has 1 aliphatic rings. The van der Waals surface area contributed by atoms with Gasteiger partial charge in [-0.2, -0.15) is 0 Å². The van der Waals surface area contributed by atoms with Gasteiger partial charge >= 0.3 is 29.6 Å². The second kappa shape index (κ2) is 7.63. The Labute approximate surface area is 151 Å². The van der Waals surface area contributed by atoms with Crippen LogP contribution in [-0.2, 0) is 10.1 Å². The van der Waals surface area contributed by atoms with Gasteiger partial charge in [0, 0.05) is 22.8 Å². The molecule has 0 radical (unpaired) electrons. The summed E-state index contributed by atoms with van der Waals surface area (Å²) in [7, 11) is -2.41. The maximum absolute atomic E-state index is 10.6. The SMILES string of the molecule is Cc1sc(C)c2c1OCC(CN(C)CCS(=O)(=O)[O-])O2.[Na+]. The van der Waals surface area contributed by atoms with Gasteiger partial charge < -0.3 is 18.9 Å². The smallest absolute Gasteiger partial charge is 0.748 e. The average Bonchev–Trinajstić information content (AvgIpc) is 2.62. The standard InChI is InChI=1S/C12H19NO5S2.Na/c1-8-11-12(9(2)19-8)18-10(7-17-11)6-13(3)4-5-20(14,15)16;/h10H,4-7H2,1-3H3,(H,14,15,16);/q;+1/p-1. The van der Waals surface area contributed by atoms with E-state index in [1.54, 1.807) is 23.3 Å². The quantitative estimate of drug-likeness (QED) is 0.454. The van der Waals surface area contributed by atoms with Crippen LogP contribution >= 0.6 is 11.3 Å². The minimum Gasteiger partial charge on any atom is -0.748 e. The molecule has 0 saturated heterocycles. The maximum atomic E-state index is 10.6. The first-order valence-electron chi connectivity index (χ1n) is 6.28. The van der Waals surface area contributed by atoms with Gasteiger partial charge in [-0.15, -0.1) is 11.3 Å². The van der Waals surface area contributed by atoms with E-state index < -0.39 is 10.1 Å². The molecule has 0 spiro atoms. The van der Waals surface area contributed by atoms with Crippen LogP contribution in [0.3, 0.4) is 0 Å². The minimum absolute atomic E-state index is 0. The van der Waals surface area contributed by atoms with Crippen molar-refractivity contribution in [2.45, 2.75) is 20.0 Å². The Morgan fingerprint density at radius 2 is 1.95 bits per heavy atom. The van der Waals surface area contributed by atoms with Crippen LogP contribution in [0.25, 0.3) is 0 Å². The summed E-state index contributed by atoms with van der Waals surface area (Å²) in [5, 5.41) is 0. The van der Waals surface area contributed by atoms with E-state index in [1.807, 2.05) is 13.8 Å². The van der Waals surface area contributed by atoms with Crippen LogP contribution in [0.2, 0.25) is 0 Å². The summed E-state index contributed by atoms with van der Waals surface area (Å²) in [6.07, 6.45) is -0.158. The molecule has 0 fully saturated rings. The summed E-state index contributed by atoms with van der Waals surface area (Å²) >= 11 is 1.64. The molecule has 0 aromatic carbocycles. The molecule has 21 heavy (non-hydrogen) atoms. The van der Waals surface area contributed by atoms with Crippen molar-refractivity contribution < 1.29 is 52.0 Å². The van der Waals surface area contributed by atoms with E-state index in [9.17, 15) is 13.0 Å². The summed E-state index contributed by atoms with van der Waals surface area (Å²) in [4.78, 5) is 3.94. The number of nitrogens with zero attached hydrogens (tertiary/aromatic N) is 1. The third-order valence-electron chi connectivity index (χ3n) is 3.09. The van der Waals surface area contributed by atoms with Crippen LogP contribution in [-0.4, -0.2) is 56.5 Å². The van der Waals surface area contributed by atoms with E-state index in [2.05, 4.69) is 0 Å². The Morgan fingerprint density at radius 1 is 1.33 bits per heavy atom. The molecule has 0 amide bonds. The number of hydrogen-bond donors (Lipinski definition) is 0. The van der Waals surface area contributed by atoms with Gasteiger partial charge in [0.2, 0.25) is 0 Å². The molecular formula is C12H18NNaO5S2. The largest absolute Gasteiger partial charge is 1.00 e. The third-order valence-corrected chi connectivity index (χ3v) is 4.75. The summed E-state index contributed by atoms with van der Waals surface area (Å²) in [5.41, 5.74) is 0.